The van der Waals surface area contributed by atoms with Crippen LogP contribution >= 0.6 is 23.2 Å². The van der Waals surface area contributed by atoms with E-state index in [1.807, 2.05) is 0 Å². The first kappa shape index (κ1) is 29.9. The van der Waals surface area contributed by atoms with E-state index >= 15 is 0 Å². The average Bonchev–Trinajstić information content (AvgIpc) is 2.85. The molecule has 3 aromatic carbocycles. The Labute approximate surface area is 228 Å². The fraction of sp³-hybridized carbons (Fsp3) is 0.154. The van der Waals surface area contributed by atoms with Crippen molar-refractivity contribution in [3.63, 3.8) is 0 Å². The van der Waals surface area contributed by atoms with E-state index < -0.39 is 46.5 Å². The molecule has 5 nitrogen and oxygen atoms in total. The highest BCUT2D eigenvalue weighted by Crippen LogP contribution is 2.36. The number of allylic oxidation sites excluding steroid dienone is 1. The van der Waals surface area contributed by atoms with Crippen LogP contribution < -0.4 is 10.6 Å². The highest BCUT2D eigenvalue weighted by molar-refractivity contribution is 6.31. The van der Waals surface area contributed by atoms with E-state index in [1.165, 1.54) is 18.2 Å². The van der Waals surface area contributed by atoms with Crippen molar-refractivity contribution in [3.05, 3.63) is 99.0 Å². The van der Waals surface area contributed by atoms with Gasteiger partial charge in [0.1, 0.15) is 11.5 Å². The number of aliphatic imine (C=N–C) groups is 1. The van der Waals surface area contributed by atoms with Crippen LogP contribution in [0.25, 0.3) is 5.70 Å². The van der Waals surface area contributed by atoms with E-state index in [0.717, 1.165) is 36.2 Å². The highest BCUT2D eigenvalue weighted by Gasteiger charge is 2.37. The molecule has 0 aliphatic carbocycles. The molecule has 206 valence electrons. The molecular weight excluding hydrogens is 571 g/mol. The number of amides is 1. The lowest BCUT2D eigenvalue weighted by Crippen LogP contribution is -2.32. The molecular formula is C26H19Cl2F6N3O2. The van der Waals surface area contributed by atoms with Crippen molar-refractivity contribution < 1.29 is 36.2 Å². The van der Waals surface area contributed by atoms with Crippen molar-refractivity contribution in [2.24, 2.45) is 10.7 Å². The molecule has 1 amide bonds. The van der Waals surface area contributed by atoms with Crippen molar-refractivity contribution in [1.82, 2.24) is 0 Å². The molecule has 0 unspecified atom stereocenters. The third-order valence-corrected chi connectivity index (χ3v) is 5.93. The molecule has 0 aliphatic heterocycles. The number of aromatic hydroxyl groups is 1. The Morgan fingerprint density at radius 3 is 2.08 bits per heavy atom. The van der Waals surface area contributed by atoms with Gasteiger partial charge in [-0.1, -0.05) is 35.3 Å². The summed E-state index contributed by atoms with van der Waals surface area (Å²) in [6.45, 7) is -0.249. The first-order valence-corrected chi connectivity index (χ1v) is 11.6. The molecule has 3 aromatic rings. The number of alkyl halides is 6. The van der Waals surface area contributed by atoms with Gasteiger partial charge in [-0.2, -0.15) is 26.3 Å². The van der Waals surface area contributed by atoms with Crippen LogP contribution in [0.5, 0.6) is 5.75 Å². The summed E-state index contributed by atoms with van der Waals surface area (Å²) in [5.41, 5.74) is 2.19. The Hall–Kier alpha value is -3.70. The molecule has 0 radical (unpaired) electrons. The fourth-order valence-corrected chi connectivity index (χ4v) is 3.86. The van der Waals surface area contributed by atoms with Crippen LogP contribution in [0.4, 0.5) is 32.0 Å². The molecule has 3 rings (SSSR count). The summed E-state index contributed by atoms with van der Waals surface area (Å²) in [7, 11) is 0.918. The van der Waals surface area contributed by atoms with Gasteiger partial charge in [0.25, 0.3) is 5.91 Å². The molecule has 0 bridgehead atoms. The topological polar surface area (TPSA) is 78.9 Å². The number of phenolic OH excluding ortho intramolecular Hbond substituents is 1. The number of phenols is 1. The lowest BCUT2D eigenvalue weighted by Gasteiger charge is -2.25. The zero-order chi connectivity index (χ0) is 29.1. The van der Waals surface area contributed by atoms with Crippen molar-refractivity contribution in [3.8, 4) is 5.75 Å². The van der Waals surface area contributed by atoms with Crippen molar-refractivity contribution in [1.29, 1.82) is 0 Å². The molecule has 0 saturated carbocycles. The van der Waals surface area contributed by atoms with Crippen molar-refractivity contribution in [2.45, 2.75) is 18.9 Å². The SMILES string of the molecule is CN=C(/C=C(\N)c1ccc(N(Cc2ccc(Cl)cc2)C(=O)c2ccc(Cl)cc2C(F)(F)F)cc1O)C(F)(F)F. The number of nitrogens with two attached hydrogens (primary N) is 1. The molecule has 0 saturated heterocycles. The molecule has 0 spiro atoms. The predicted octanol–water partition coefficient (Wildman–Crippen LogP) is 7.50. The maximum absolute atomic E-state index is 13.8. The van der Waals surface area contributed by atoms with E-state index in [9.17, 15) is 36.2 Å². The minimum absolute atomic E-state index is 0.0627. The van der Waals surface area contributed by atoms with Gasteiger partial charge in [0.05, 0.1) is 17.7 Å². The number of anilines is 1. The maximum atomic E-state index is 13.8. The quantitative estimate of drug-likeness (QED) is 0.231. The van der Waals surface area contributed by atoms with Crippen LogP contribution in [0.3, 0.4) is 0 Å². The van der Waals surface area contributed by atoms with Gasteiger partial charge in [-0.05, 0) is 54.1 Å². The second-order valence-corrected chi connectivity index (χ2v) is 8.99. The van der Waals surface area contributed by atoms with Crippen LogP contribution in [0.2, 0.25) is 10.0 Å². The van der Waals surface area contributed by atoms with E-state index in [1.54, 1.807) is 12.1 Å². The zero-order valence-electron chi connectivity index (χ0n) is 19.9. The smallest absolute Gasteiger partial charge is 0.432 e. The number of carbonyl (C=O) groups excluding carboxylic acids is 1. The summed E-state index contributed by atoms with van der Waals surface area (Å²) in [5, 5.41) is 10.7. The second kappa shape index (κ2) is 11.6. The summed E-state index contributed by atoms with van der Waals surface area (Å²) in [4.78, 5) is 17.6. The van der Waals surface area contributed by atoms with Gasteiger partial charge in [-0.25, -0.2) is 0 Å². The maximum Gasteiger partial charge on any atom is 0.432 e. The summed E-state index contributed by atoms with van der Waals surface area (Å²) < 4.78 is 80.4. The fourth-order valence-electron chi connectivity index (χ4n) is 3.57. The summed E-state index contributed by atoms with van der Waals surface area (Å²) in [5.74, 6) is -1.71. The monoisotopic (exact) mass is 589 g/mol. The number of hydrogen-bond acceptors (Lipinski definition) is 4. The van der Waals surface area contributed by atoms with Crippen LogP contribution in [-0.4, -0.2) is 29.9 Å². The van der Waals surface area contributed by atoms with Gasteiger partial charge in [0.2, 0.25) is 0 Å². The number of nitrogens with zero attached hydrogens (tertiary/aromatic N) is 2. The highest BCUT2D eigenvalue weighted by atomic mass is 35.5. The summed E-state index contributed by atoms with van der Waals surface area (Å²) >= 11 is 11.6. The molecule has 0 heterocycles. The van der Waals surface area contributed by atoms with Gasteiger partial charge in [0, 0.05) is 40.1 Å². The third kappa shape index (κ3) is 7.24. The van der Waals surface area contributed by atoms with Crippen LogP contribution in [-0.2, 0) is 12.7 Å². The van der Waals surface area contributed by atoms with Gasteiger partial charge >= 0.3 is 12.4 Å². The van der Waals surface area contributed by atoms with E-state index in [4.69, 9.17) is 28.9 Å². The third-order valence-electron chi connectivity index (χ3n) is 5.44. The van der Waals surface area contributed by atoms with Crippen LogP contribution in [0.1, 0.15) is 27.0 Å². The van der Waals surface area contributed by atoms with Crippen molar-refractivity contribution >= 4 is 46.2 Å². The van der Waals surface area contributed by atoms with Gasteiger partial charge < -0.3 is 15.7 Å². The Bertz CT molecular complexity index is 1440. The number of rotatable bonds is 6. The summed E-state index contributed by atoms with van der Waals surface area (Å²) in [6, 6.07) is 12.2. The largest absolute Gasteiger partial charge is 0.507 e. The Kier molecular flexibility index (Phi) is 8.87. The average molecular weight is 590 g/mol. The number of carbonyl (C=O) groups is 1. The number of hydrogen-bond donors (Lipinski definition) is 2. The number of halogens is 8. The lowest BCUT2D eigenvalue weighted by molar-refractivity contribution is -0.137. The van der Waals surface area contributed by atoms with Gasteiger partial charge in [-0.3, -0.25) is 9.79 Å². The van der Waals surface area contributed by atoms with E-state index in [0.29, 0.717) is 22.7 Å². The first-order chi connectivity index (χ1) is 18.1. The zero-order valence-corrected chi connectivity index (χ0v) is 21.4. The Morgan fingerprint density at radius 1 is 0.949 bits per heavy atom. The van der Waals surface area contributed by atoms with Crippen LogP contribution in [0.15, 0.2) is 71.7 Å². The van der Waals surface area contributed by atoms with E-state index in [2.05, 4.69) is 4.99 Å². The Morgan fingerprint density at radius 2 is 1.54 bits per heavy atom. The second-order valence-electron chi connectivity index (χ2n) is 8.11. The van der Waals surface area contributed by atoms with E-state index in [-0.39, 0.29) is 22.8 Å². The normalized spacial score (nSPS) is 12.9. The molecule has 0 aromatic heterocycles. The summed E-state index contributed by atoms with van der Waals surface area (Å²) in [6.07, 6.45) is -9.19. The molecule has 0 aliphatic rings. The number of benzene rings is 3. The molecule has 0 atom stereocenters. The standard InChI is InChI=1S/C26H19Cl2F6N3O2/c1-36-23(26(32,33)34)12-21(35)19-9-7-17(11-22(19)38)37(13-14-2-4-15(27)5-3-14)24(39)18-8-6-16(28)10-20(18)25(29,30)31/h2-12,38H,13,35H2,1H3/b21-12-,36-23?. The Balaban J connectivity index is 2.11. The molecule has 39 heavy (non-hydrogen) atoms. The minimum Gasteiger partial charge on any atom is -0.507 e. The molecule has 3 N–H and O–H groups in total. The van der Waals surface area contributed by atoms with Crippen LogP contribution in [0, 0.1) is 0 Å². The lowest BCUT2D eigenvalue weighted by atomic mass is 10.0. The van der Waals surface area contributed by atoms with Gasteiger partial charge in [-0.15, -0.1) is 0 Å². The molecule has 0 fully saturated rings. The minimum atomic E-state index is -4.91. The predicted molar refractivity (Wildman–Crippen MR) is 138 cm³/mol. The molecule has 13 heteroatoms. The first-order valence-electron chi connectivity index (χ1n) is 10.9. The van der Waals surface area contributed by atoms with Gasteiger partial charge in [0.15, 0.2) is 0 Å². The van der Waals surface area contributed by atoms with Crippen molar-refractivity contribution in [2.75, 3.05) is 11.9 Å².